The minimum atomic E-state index is 0.364. The summed E-state index contributed by atoms with van der Waals surface area (Å²) in [6.45, 7) is 8.30. The average molecular weight is 428 g/mol. The number of aryl methyl sites for hydroxylation is 3. The molecule has 164 valence electrons. The van der Waals surface area contributed by atoms with Gasteiger partial charge in [0.15, 0.2) is 5.82 Å². The maximum Gasteiger partial charge on any atom is 0.155 e. The van der Waals surface area contributed by atoms with E-state index in [0.717, 1.165) is 65.6 Å². The van der Waals surface area contributed by atoms with Crippen molar-refractivity contribution in [2.75, 3.05) is 18.0 Å². The van der Waals surface area contributed by atoms with Gasteiger partial charge in [0.05, 0.1) is 23.3 Å². The van der Waals surface area contributed by atoms with Gasteiger partial charge in [-0.1, -0.05) is 6.07 Å². The highest BCUT2D eigenvalue weighted by atomic mass is 15.3. The van der Waals surface area contributed by atoms with Crippen molar-refractivity contribution in [2.45, 2.75) is 46.5 Å². The van der Waals surface area contributed by atoms with Gasteiger partial charge in [-0.25, -0.2) is 9.50 Å². The van der Waals surface area contributed by atoms with Crippen LogP contribution in [0.1, 0.15) is 41.2 Å². The van der Waals surface area contributed by atoms with Crippen LogP contribution in [0.2, 0.25) is 0 Å². The fourth-order valence-electron chi connectivity index (χ4n) is 5.87. The lowest BCUT2D eigenvalue weighted by molar-refractivity contribution is 0.231. The Labute approximate surface area is 188 Å². The van der Waals surface area contributed by atoms with E-state index in [1.165, 1.54) is 24.1 Å². The van der Waals surface area contributed by atoms with Crippen LogP contribution in [0.15, 0.2) is 30.6 Å². The Morgan fingerprint density at radius 2 is 1.78 bits per heavy atom. The number of anilines is 1. The van der Waals surface area contributed by atoms with Gasteiger partial charge in [0.25, 0.3) is 0 Å². The first-order chi connectivity index (χ1) is 15.5. The minimum Gasteiger partial charge on any atom is -0.355 e. The number of nitrogens with zero attached hydrogens (tertiary/aromatic N) is 7. The third kappa shape index (κ3) is 2.80. The highest BCUT2D eigenvalue weighted by Gasteiger charge is 2.41. The van der Waals surface area contributed by atoms with Gasteiger partial charge in [-0.15, -0.1) is 0 Å². The molecule has 0 saturated carbocycles. The first-order valence-electron chi connectivity index (χ1n) is 11.5. The monoisotopic (exact) mass is 427 g/mol. The normalized spacial score (nSPS) is 17.4. The molecule has 0 atom stereocenters. The van der Waals surface area contributed by atoms with Crippen LogP contribution in [0.3, 0.4) is 0 Å². The van der Waals surface area contributed by atoms with E-state index in [2.05, 4.69) is 58.5 Å². The van der Waals surface area contributed by atoms with Crippen molar-refractivity contribution in [1.29, 1.82) is 0 Å². The van der Waals surface area contributed by atoms with Crippen LogP contribution in [0.5, 0.6) is 0 Å². The Balaban J connectivity index is 1.34. The van der Waals surface area contributed by atoms with Gasteiger partial charge in [-0.05, 0) is 69.6 Å². The van der Waals surface area contributed by atoms with Crippen molar-refractivity contribution in [2.24, 2.45) is 12.5 Å². The summed E-state index contributed by atoms with van der Waals surface area (Å²) >= 11 is 0. The molecule has 1 aliphatic heterocycles. The summed E-state index contributed by atoms with van der Waals surface area (Å²) in [7, 11) is 1.99. The average Bonchev–Trinajstić information content (AvgIpc) is 3.46. The quantitative estimate of drug-likeness (QED) is 0.486. The Kier molecular flexibility index (Phi) is 4.19. The molecule has 1 aliphatic carbocycles. The molecular formula is C25H29N7. The summed E-state index contributed by atoms with van der Waals surface area (Å²) in [5.74, 6) is 1.05. The fourth-order valence-corrected chi connectivity index (χ4v) is 5.87. The number of hydrogen-bond acceptors (Lipinski definition) is 5. The van der Waals surface area contributed by atoms with E-state index in [0.29, 0.717) is 5.41 Å². The van der Waals surface area contributed by atoms with Gasteiger partial charge in [0.2, 0.25) is 0 Å². The van der Waals surface area contributed by atoms with Gasteiger partial charge >= 0.3 is 0 Å². The van der Waals surface area contributed by atoms with E-state index in [1.807, 2.05) is 24.1 Å². The molecule has 4 aromatic heterocycles. The molecule has 0 radical (unpaired) electrons. The summed E-state index contributed by atoms with van der Waals surface area (Å²) in [4.78, 5) is 12.2. The topological polar surface area (TPSA) is 64.1 Å². The van der Waals surface area contributed by atoms with E-state index in [-0.39, 0.29) is 0 Å². The van der Waals surface area contributed by atoms with Gasteiger partial charge < -0.3 is 4.90 Å². The Morgan fingerprint density at radius 1 is 0.969 bits per heavy atom. The Hall–Kier alpha value is -3.22. The van der Waals surface area contributed by atoms with Crippen molar-refractivity contribution >= 4 is 11.3 Å². The largest absolute Gasteiger partial charge is 0.355 e. The van der Waals surface area contributed by atoms with Crippen LogP contribution in [-0.4, -0.2) is 42.5 Å². The highest BCUT2D eigenvalue weighted by Crippen LogP contribution is 2.45. The first kappa shape index (κ1) is 19.5. The van der Waals surface area contributed by atoms with Crippen molar-refractivity contribution < 1.29 is 0 Å². The van der Waals surface area contributed by atoms with Crippen LogP contribution in [0, 0.1) is 26.2 Å². The highest BCUT2D eigenvalue weighted by molar-refractivity contribution is 5.77. The van der Waals surface area contributed by atoms with Crippen molar-refractivity contribution in [3.8, 4) is 11.3 Å². The lowest BCUT2D eigenvalue weighted by atomic mass is 9.76. The van der Waals surface area contributed by atoms with Crippen molar-refractivity contribution in [1.82, 2.24) is 29.4 Å². The third-order valence-electron chi connectivity index (χ3n) is 7.66. The number of aromatic nitrogens is 6. The summed E-state index contributed by atoms with van der Waals surface area (Å²) < 4.78 is 4.00. The van der Waals surface area contributed by atoms with Crippen molar-refractivity contribution in [3.05, 3.63) is 58.9 Å². The molecule has 7 heteroatoms. The molecule has 1 saturated heterocycles. The number of hydrogen-bond donors (Lipinski definition) is 0. The molecule has 2 aliphatic rings. The van der Waals surface area contributed by atoms with Crippen molar-refractivity contribution in [3.63, 3.8) is 0 Å². The van der Waals surface area contributed by atoms with E-state index in [9.17, 15) is 0 Å². The van der Waals surface area contributed by atoms with Gasteiger partial charge in [0, 0.05) is 43.3 Å². The number of piperidine rings is 1. The molecule has 7 nitrogen and oxygen atoms in total. The third-order valence-corrected chi connectivity index (χ3v) is 7.66. The second kappa shape index (κ2) is 6.89. The molecular weight excluding hydrogens is 398 g/mol. The molecule has 0 unspecified atom stereocenters. The molecule has 0 aromatic carbocycles. The fraction of sp³-hybridized carbons (Fsp3) is 0.440. The zero-order valence-electron chi connectivity index (χ0n) is 19.3. The summed E-state index contributed by atoms with van der Waals surface area (Å²) in [6.07, 6.45) is 8.44. The van der Waals surface area contributed by atoms with Gasteiger partial charge in [-0.3, -0.25) is 9.67 Å². The zero-order valence-corrected chi connectivity index (χ0v) is 19.3. The first-order valence-corrected chi connectivity index (χ1v) is 11.5. The van der Waals surface area contributed by atoms with Crippen LogP contribution in [-0.2, 0) is 19.9 Å². The number of rotatable bonds is 2. The SMILES string of the molecule is Cc1nn(C)c(C)c1-c1c(C)nc(N2CCC3(CC2)Cc2cccnc2C3)c2ccnn12. The summed E-state index contributed by atoms with van der Waals surface area (Å²) in [5, 5.41) is 9.33. The lowest BCUT2D eigenvalue weighted by Gasteiger charge is -2.40. The van der Waals surface area contributed by atoms with E-state index < -0.39 is 0 Å². The smallest absolute Gasteiger partial charge is 0.155 e. The predicted molar refractivity (Wildman–Crippen MR) is 125 cm³/mol. The number of pyridine rings is 1. The van der Waals surface area contributed by atoms with E-state index in [4.69, 9.17) is 10.1 Å². The van der Waals surface area contributed by atoms with Gasteiger partial charge in [0.1, 0.15) is 5.52 Å². The predicted octanol–water partition coefficient (Wildman–Crippen LogP) is 3.84. The van der Waals surface area contributed by atoms with E-state index >= 15 is 0 Å². The maximum atomic E-state index is 5.14. The molecule has 0 bridgehead atoms. The Morgan fingerprint density at radius 3 is 2.50 bits per heavy atom. The van der Waals surface area contributed by atoms with Crippen LogP contribution in [0.4, 0.5) is 5.82 Å². The molecule has 5 heterocycles. The maximum absolute atomic E-state index is 5.14. The van der Waals surface area contributed by atoms with Crippen LogP contribution >= 0.6 is 0 Å². The Bertz CT molecular complexity index is 1310. The molecule has 1 fully saturated rings. The van der Waals surface area contributed by atoms with E-state index in [1.54, 1.807) is 0 Å². The molecule has 0 amide bonds. The standard InChI is InChI=1S/C25H29N7/c1-16-22(18(3)30(4)29-16)23-17(2)28-24(21-7-11-27-32(21)23)31-12-8-25(9-13-31)14-19-6-5-10-26-20(19)15-25/h5-7,10-11H,8-9,12-15H2,1-4H3. The summed E-state index contributed by atoms with van der Waals surface area (Å²) in [6, 6.07) is 6.42. The minimum absolute atomic E-state index is 0.364. The molecule has 1 spiro atoms. The van der Waals surface area contributed by atoms with Crippen LogP contribution < -0.4 is 4.90 Å². The lowest BCUT2D eigenvalue weighted by Crippen LogP contribution is -2.41. The molecule has 0 N–H and O–H groups in total. The molecule has 6 rings (SSSR count). The zero-order chi connectivity index (χ0) is 22.0. The molecule has 32 heavy (non-hydrogen) atoms. The number of fused-ring (bicyclic) bond motifs is 2. The van der Waals surface area contributed by atoms with Gasteiger partial charge in [-0.2, -0.15) is 10.2 Å². The second-order valence-electron chi connectivity index (χ2n) is 9.62. The van der Waals surface area contributed by atoms with Crippen LogP contribution in [0.25, 0.3) is 16.8 Å². The molecule has 4 aromatic rings. The summed E-state index contributed by atoms with van der Waals surface area (Å²) in [5.41, 5.74) is 9.49. The second-order valence-corrected chi connectivity index (χ2v) is 9.62.